The van der Waals surface area contributed by atoms with Gasteiger partial charge in [-0.3, -0.25) is 0 Å². The molecular weight excluding hydrogens is 210 g/mol. The molecule has 3 heteroatoms. The topological polar surface area (TPSA) is 28.2 Å². The fraction of sp³-hybridized carbons (Fsp3) is 0.643. The van der Waals surface area contributed by atoms with Gasteiger partial charge in [-0.2, -0.15) is 0 Å². The summed E-state index contributed by atoms with van der Waals surface area (Å²) in [7, 11) is 1.90. The van der Waals surface area contributed by atoms with Crippen LogP contribution in [0.5, 0.6) is 0 Å². The number of nitrogens with one attached hydrogen (secondary N) is 1. The van der Waals surface area contributed by atoms with E-state index in [0.717, 1.165) is 18.9 Å². The van der Waals surface area contributed by atoms with E-state index in [4.69, 9.17) is 0 Å². The van der Waals surface area contributed by atoms with Gasteiger partial charge in [-0.25, -0.2) is 4.98 Å². The van der Waals surface area contributed by atoms with Crippen molar-refractivity contribution in [1.82, 2.24) is 4.98 Å². The Morgan fingerprint density at radius 3 is 2.24 bits per heavy atom. The molecule has 0 spiro atoms. The number of nitrogens with zero attached hydrogens (tertiary/aromatic N) is 2. The Morgan fingerprint density at radius 2 is 1.76 bits per heavy atom. The molecular formula is C14H25N3. The van der Waals surface area contributed by atoms with Gasteiger partial charge in [0.05, 0.1) is 0 Å². The minimum atomic E-state index is 0.667. The first-order valence-electron chi connectivity index (χ1n) is 6.41. The summed E-state index contributed by atoms with van der Waals surface area (Å²) in [6.45, 7) is 11.2. The van der Waals surface area contributed by atoms with Gasteiger partial charge in [0.25, 0.3) is 0 Å². The Balaban J connectivity index is 2.86. The highest BCUT2D eigenvalue weighted by molar-refractivity contribution is 5.53. The summed E-state index contributed by atoms with van der Waals surface area (Å²) in [5.41, 5.74) is 1.26. The standard InChI is InChI=1S/C14H25N3/c1-11(2)9-17(10-12(3)4)13-6-7-16-14(8-13)15-5/h6-8,11-12H,9-10H2,1-5H3,(H,15,16). The van der Waals surface area contributed by atoms with Gasteiger partial charge in [0.1, 0.15) is 5.82 Å². The molecule has 0 aliphatic rings. The summed E-state index contributed by atoms with van der Waals surface area (Å²) in [6.07, 6.45) is 1.87. The monoisotopic (exact) mass is 235 g/mol. The molecule has 1 N–H and O–H groups in total. The predicted molar refractivity (Wildman–Crippen MR) is 75.7 cm³/mol. The zero-order chi connectivity index (χ0) is 12.8. The van der Waals surface area contributed by atoms with Crippen LogP contribution >= 0.6 is 0 Å². The molecule has 0 amide bonds. The molecule has 1 rings (SSSR count). The minimum Gasteiger partial charge on any atom is -0.373 e. The maximum atomic E-state index is 4.26. The summed E-state index contributed by atoms with van der Waals surface area (Å²) >= 11 is 0. The molecule has 0 saturated heterocycles. The lowest BCUT2D eigenvalue weighted by Crippen LogP contribution is -2.31. The van der Waals surface area contributed by atoms with Crippen LogP contribution in [0.3, 0.4) is 0 Å². The molecule has 3 nitrogen and oxygen atoms in total. The summed E-state index contributed by atoms with van der Waals surface area (Å²) < 4.78 is 0. The number of hydrogen-bond donors (Lipinski definition) is 1. The van der Waals surface area contributed by atoms with Crippen LogP contribution in [0, 0.1) is 11.8 Å². The Labute approximate surface area is 105 Å². The molecule has 96 valence electrons. The second-order valence-electron chi connectivity index (χ2n) is 5.34. The molecule has 0 atom stereocenters. The van der Waals surface area contributed by atoms with Crippen molar-refractivity contribution in [3.05, 3.63) is 18.3 Å². The maximum Gasteiger partial charge on any atom is 0.127 e. The molecule has 1 aromatic rings. The SMILES string of the molecule is CNc1cc(N(CC(C)C)CC(C)C)ccn1. The van der Waals surface area contributed by atoms with E-state index in [1.54, 1.807) is 0 Å². The van der Waals surface area contributed by atoms with Gasteiger partial charge < -0.3 is 10.2 Å². The third-order valence-electron chi connectivity index (χ3n) is 2.54. The molecule has 17 heavy (non-hydrogen) atoms. The van der Waals surface area contributed by atoms with Crippen molar-refractivity contribution in [2.24, 2.45) is 11.8 Å². The molecule has 0 unspecified atom stereocenters. The molecule has 0 aliphatic carbocycles. The largest absolute Gasteiger partial charge is 0.373 e. The first-order valence-corrected chi connectivity index (χ1v) is 6.41. The van der Waals surface area contributed by atoms with Gasteiger partial charge in [-0.15, -0.1) is 0 Å². The summed E-state index contributed by atoms with van der Waals surface area (Å²) in [5, 5.41) is 3.09. The van der Waals surface area contributed by atoms with Crippen LogP contribution in [0.4, 0.5) is 11.5 Å². The van der Waals surface area contributed by atoms with Crippen LogP contribution in [-0.4, -0.2) is 25.1 Å². The van der Waals surface area contributed by atoms with Crippen LogP contribution in [-0.2, 0) is 0 Å². The first-order chi connectivity index (χ1) is 8.02. The Morgan fingerprint density at radius 1 is 1.18 bits per heavy atom. The van der Waals surface area contributed by atoms with Crippen molar-refractivity contribution < 1.29 is 0 Å². The van der Waals surface area contributed by atoms with Gasteiger partial charge in [-0.05, 0) is 17.9 Å². The average Bonchev–Trinajstić information content (AvgIpc) is 2.27. The molecule has 0 bridgehead atoms. The number of rotatable bonds is 6. The average molecular weight is 235 g/mol. The Kier molecular flexibility index (Phi) is 5.26. The highest BCUT2D eigenvalue weighted by Crippen LogP contribution is 2.19. The molecule has 0 fully saturated rings. The van der Waals surface area contributed by atoms with E-state index in [0.29, 0.717) is 11.8 Å². The second kappa shape index (κ2) is 6.48. The van der Waals surface area contributed by atoms with Crippen molar-refractivity contribution in [3.8, 4) is 0 Å². The van der Waals surface area contributed by atoms with Gasteiger partial charge >= 0.3 is 0 Å². The second-order valence-corrected chi connectivity index (χ2v) is 5.34. The van der Waals surface area contributed by atoms with E-state index in [1.807, 2.05) is 13.2 Å². The number of anilines is 2. The molecule has 1 heterocycles. The van der Waals surface area contributed by atoms with E-state index >= 15 is 0 Å². The van der Waals surface area contributed by atoms with Crippen LogP contribution in [0.15, 0.2) is 18.3 Å². The molecule has 0 saturated carbocycles. The van der Waals surface area contributed by atoms with Gasteiger partial charge in [-0.1, -0.05) is 27.7 Å². The van der Waals surface area contributed by atoms with Crippen molar-refractivity contribution in [3.63, 3.8) is 0 Å². The molecule has 0 aromatic carbocycles. The van der Waals surface area contributed by atoms with Crippen molar-refractivity contribution >= 4 is 11.5 Å². The third kappa shape index (κ3) is 4.63. The van der Waals surface area contributed by atoms with Crippen molar-refractivity contribution in [1.29, 1.82) is 0 Å². The Bertz CT molecular complexity index is 324. The number of hydrogen-bond acceptors (Lipinski definition) is 3. The lowest BCUT2D eigenvalue weighted by atomic mass is 10.1. The highest BCUT2D eigenvalue weighted by atomic mass is 15.1. The van der Waals surface area contributed by atoms with E-state index in [-0.39, 0.29) is 0 Å². The summed E-state index contributed by atoms with van der Waals surface area (Å²) in [6, 6.07) is 4.20. The van der Waals surface area contributed by atoms with Gasteiger partial charge in [0, 0.05) is 38.1 Å². The van der Waals surface area contributed by atoms with Crippen LogP contribution < -0.4 is 10.2 Å². The fourth-order valence-electron chi connectivity index (χ4n) is 1.92. The number of aromatic nitrogens is 1. The van der Waals surface area contributed by atoms with Gasteiger partial charge in [0.2, 0.25) is 0 Å². The molecule has 1 aromatic heterocycles. The third-order valence-corrected chi connectivity index (χ3v) is 2.54. The van der Waals surface area contributed by atoms with Gasteiger partial charge in [0.15, 0.2) is 0 Å². The summed E-state index contributed by atoms with van der Waals surface area (Å²) in [4.78, 5) is 6.70. The molecule has 0 radical (unpaired) electrons. The molecule has 0 aliphatic heterocycles. The van der Waals surface area contributed by atoms with Crippen LogP contribution in [0.2, 0.25) is 0 Å². The van der Waals surface area contributed by atoms with E-state index in [1.165, 1.54) is 5.69 Å². The zero-order valence-electron chi connectivity index (χ0n) is 11.7. The summed E-state index contributed by atoms with van der Waals surface area (Å²) in [5.74, 6) is 2.26. The minimum absolute atomic E-state index is 0.667. The predicted octanol–water partition coefficient (Wildman–Crippen LogP) is 3.24. The maximum absolute atomic E-state index is 4.26. The quantitative estimate of drug-likeness (QED) is 0.820. The zero-order valence-corrected chi connectivity index (χ0v) is 11.7. The number of pyridine rings is 1. The smallest absolute Gasteiger partial charge is 0.127 e. The van der Waals surface area contributed by atoms with E-state index < -0.39 is 0 Å². The lowest BCUT2D eigenvalue weighted by molar-refractivity contribution is 0.552. The Hall–Kier alpha value is -1.25. The van der Waals surface area contributed by atoms with Crippen LogP contribution in [0.1, 0.15) is 27.7 Å². The first kappa shape index (κ1) is 13.8. The highest BCUT2D eigenvalue weighted by Gasteiger charge is 2.11. The van der Waals surface area contributed by atoms with Crippen molar-refractivity contribution in [2.75, 3.05) is 30.4 Å². The lowest BCUT2D eigenvalue weighted by Gasteiger charge is -2.28. The van der Waals surface area contributed by atoms with E-state index in [2.05, 4.69) is 55.0 Å². The van der Waals surface area contributed by atoms with Crippen LogP contribution in [0.25, 0.3) is 0 Å². The fourth-order valence-corrected chi connectivity index (χ4v) is 1.92. The van der Waals surface area contributed by atoms with Crippen molar-refractivity contribution in [2.45, 2.75) is 27.7 Å². The van der Waals surface area contributed by atoms with E-state index in [9.17, 15) is 0 Å². The normalized spacial score (nSPS) is 11.0.